The van der Waals surface area contributed by atoms with Crippen LogP contribution in [-0.4, -0.2) is 14.1 Å². The largest absolute Gasteiger partial charge is 0.378 e. The standard InChI is InChI=1S/C16H16BrN3/c1-20(2)16-9-3-13(4-10-16)11-12-18-19-15-7-5-14(17)6-8-15/h3-12H,1-2H3/b12-11+,19-18?. The second-order valence-corrected chi connectivity index (χ2v) is 5.41. The zero-order valence-electron chi connectivity index (χ0n) is 11.5. The molecule has 0 N–H and O–H groups in total. The molecule has 0 aliphatic carbocycles. The highest BCUT2D eigenvalue weighted by molar-refractivity contribution is 9.10. The first kappa shape index (κ1) is 14.5. The number of hydrogen-bond donors (Lipinski definition) is 0. The van der Waals surface area contributed by atoms with Crippen molar-refractivity contribution in [3.63, 3.8) is 0 Å². The second-order valence-electron chi connectivity index (χ2n) is 4.49. The lowest BCUT2D eigenvalue weighted by atomic mass is 10.2. The molecule has 0 saturated heterocycles. The van der Waals surface area contributed by atoms with Crippen molar-refractivity contribution in [2.75, 3.05) is 19.0 Å². The zero-order chi connectivity index (χ0) is 14.4. The van der Waals surface area contributed by atoms with Crippen LogP contribution in [0, 0.1) is 0 Å². The molecule has 102 valence electrons. The van der Waals surface area contributed by atoms with Crippen molar-refractivity contribution in [2.24, 2.45) is 10.2 Å². The van der Waals surface area contributed by atoms with E-state index in [2.05, 4.69) is 55.3 Å². The topological polar surface area (TPSA) is 28.0 Å². The number of hydrogen-bond acceptors (Lipinski definition) is 3. The van der Waals surface area contributed by atoms with Crippen LogP contribution in [0.15, 0.2) is 69.4 Å². The van der Waals surface area contributed by atoms with Crippen LogP contribution in [0.4, 0.5) is 11.4 Å². The van der Waals surface area contributed by atoms with E-state index in [9.17, 15) is 0 Å². The Morgan fingerprint density at radius 1 is 0.950 bits per heavy atom. The van der Waals surface area contributed by atoms with E-state index in [1.54, 1.807) is 6.20 Å². The molecule has 3 nitrogen and oxygen atoms in total. The molecule has 20 heavy (non-hydrogen) atoms. The van der Waals surface area contributed by atoms with E-state index in [-0.39, 0.29) is 0 Å². The van der Waals surface area contributed by atoms with Crippen LogP contribution in [0.5, 0.6) is 0 Å². The van der Waals surface area contributed by atoms with Crippen LogP contribution in [0.1, 0.15) is 5.56 Å². The summed E-state index contributed by atoms with van der Waals surface area (Å²) < 4.78 is 1.04. The lowest BCUT2D eigenvalue weighted by Crippen LogP contribution is -2.07. The monoisotopic (exact) mass is 329 g/mol. The van der Waals surface area contributed by atoms with Gasteiger partial charge in [-0.3, -0.25) is 0 Å². The Bertz CT molecular complexity index is 599. The van der Waals surface area contributed by atoms with Gasteiger partial charge < -0.3 is 4.90 Å². The lowest BCUT2D eigenvalue weighted by molar-refractivity contribution is 1.13. The maximum absolute atomic E-state index is 4.12. The van der Waals surface area contributed by atoms with Gasteiger partial charge >= 0.3 is 0 Å². The predicted octanol–water partition coefficient (Wildman–Crippen LogP) is 5.27. The summed E-state index contributed by atoms with van der Waals surface area (Å²) in [6.07, 6.45) is 3.63. The van der Waals surface area contributed by atoms with Gasteiger partial charge in [0.25, 0.3) is 0 Å². The Morgan fingerprint density at radius 3 is 2.20 bits per heavy atom. The summed E-state index contributed by atoms with van der Waals surface area (Å²) in [6, 6.07) is 16.0. The van der Waals surface area contributed by atoms with Gasteiger partial charge in [0.05, 0.1) is 11.9 Å². The Balaban J connectivity index is 1.97. The van der Waals surface area contributed by atoms with E-state index >= 15 is 0 Å². The van der Waals surface area contributed by atoms with E-state index in [0.29, 0.717) is 0 Å². The Labute approximate surface area is 127 Å². The van der Waals surface area contributed by atoms with E-state index in [1.165, 1.54) is 5.69 Å². The van der Waals surface area contributed by atoms with Crippen molar-refractivity contribution < 1.29 is 0 Å². The smallest absolute Gasteiger partial charge is 0.0857 e. The summed E-state index contributed by atoms with van der Waals surface area (Å²) in [5.74, 6) is 0. The molecule has 4 heteroatoms. The molecule has 2 aromatic carbocycles. The molecule has 0 radical (unpaired) electrons. The maximum atomic E-state index is 4.12. The molecule has 0 aromatic heterocycles. The molecule has 0 heterocycles. The molecular formula is C16H16BrN3. The van der Waals surface area contributed by atoms with Crippen LogP contribution >= 0.6 is 15.9 Å². The lowest BCUT2D eigenvalue weighted by Gasteiger charge is -2.11. The quantitative estimate of drug-likeness (QED) is 0.702. The predicted molar refractivity (Wildman–Crippen MR) is 88.5 cm³/mol. The maximum Gasteiger partial charge on any atom is 0.0857 e. The Morgan fingerprint density at radius 2 is 1.60 bits per heavy atom. The van der Waals surface area contributed by atoms with Gasteiger partial charge in [0.2, 0.25) is 0 Å². The van der Waals surface area contributed by atoms with E-state index in [0.717, 1.165) is 15.7 Å². The van der Waals surface area contributed by atoms with Crippen molar-refractivity contribution in [3.8, 4) is 0 Å². The fourth-order valence-electron chi connectivity index (χ4n) is 1.61. The average molecular weight is 330 g/mol. The summed E-state index contributed by atoms with van der Waals surface area (Å²) in [5, 5.41) is 8.16. The fourth-order valence-corrected chi connectivity index (χ4v) is 1.88. The number of anilines is 1. The molecule has 0 unspecified atom stereocenters. The van der Waals surface area contributed by atoms with Crippen LogP contribution in [-0.2, 0) is 0 Å². The van der Waals surface area contributed by atoms with Crippen LogP contribution in [0.3, 0.4) is 0 Å². The average Bonchev–Trinajstić information content (AvgIpc) is 2.46. The van der Waals surface area contributed by atoms with Gasteiger partial charge in [-0.15, -0.1) is 0 Å². The van der Waals surface area contributed by atoms with Crippen molar-refractivity contribution in [1.29, 1.82) is 0 Å². The SMILES string of the molecule is CN(C)c1ccc(/C=C/N=Nc2ccc(Br)cc2)cc1. The number of azo groups is 1. The molecule has 0 aliphatic heterocycles. The molecule has 2 aromatic rings. The number of benzene rings is 2. The molecule has 0 bridgehead atoms. The fraction of sp³-hybridized carbons (Fsp3) is 0.125. The summed E-state index contributed by atoms with van der Waals surface area (Å²) in [4.78, 5) is 2.07. The minimum atomic E-state index is 0.834. The number of halogens is 1. The summed E-state index contributed by atoms with van der Waals surface area (Å²) >= 11 is 3.38. The van der Waals surface area contributed by atoms with Crippen molar-refractivity contribution in [1.82, 2.24) is 0 Å². The highest BCUT2D eigenvalue weighted by Gasteiger charge is 1.93. The minimum absolute atomic E-state index is 0.834. The number of rotatable bonds is 4. The van der Waals surface area contributed by atoms with Gasteiger partial charge in [0, 0.05) is 24.3 Å². The molecule has 0 spiro atoms. The highest BCUT2D eigenvalue weighted by Crippen LogP contribution is 2.17. The molecule has 0 saturated carbocycles. The molecule has 0 fully saturated rings. The van der Waals surface area contributed by atoms with E-state index in [1.807, 2.05) is 44.4 Å². The molecule has 0 atom stereocenters. The third-order valence-electron chi connectivity index (χ3n) is 2.74. The molecule has 0 amide bonds. The van der Waals surface area contributed by atoms with Crippen molar-refractivity contribution >= 4 is 33.4 Å². The third-order valence-corrected chi connectivity index (χ3v) is 3.27. The zero-order valence-corrected chi connectivity index (χ0v) is 13.1. The summed E-state index contributed by atoms with van der Waals surface area (Å²) in [7, 11) is 4.05. The van der Waals surface area contributed by atoms with Crippen LogP contribution in [0.2, 0.25) is 0 Å². The normalized spacial score (nSPS) is 11.3. The van der Waals surface area contributed by atoms with Gasteiger partial charge in [0.1, 0.15) is 0 Å². The van der Waals surface area contributed by atoms with Crippen LogP contribution < -0.4 is 4.90 Å². The van der Waals surface area contributed by atoms with Gasteiger partial charge in [-0.05, 0) is 48.0 Å². The van der Waals surface area contributed by atoms with E-state index in [4.69, 9.17) is 0 Å². The van der Waals surface area contributed by atoms with Gasteiger partial charge in [-0.25, -0.2) is 0 Å². The van der Waals surface area contributed by atoms with E-state index < -0.39 is 0 Å². The molecular weight excluding hydrogens is 314 g/mol. The Kier molecular flexibility index (Phi) is 5.07. The second kappa shape index (κ2) is 7.01. The van der Waals surface area contributed by atoms with Crippen molar-refractivity contribution in [2.45, 2.75) is 0 Å². The molecule has 0 aliphatic rings. The van der Waals surface area contributed by atoms with Gasteiger partial charge in [-0.1, -0.05) is 28.1 Å². The summed E-state index contributed by atoms with van der Waals surface area (Å²) in [5.41, 5.74) is 3.12. The van der Waals surface area contributed by atoms with Gasteiger partial charge in [-0.2, -0.15) is 10.2 Å². The van der Waals surface area contributed by atoms with Gasteiger partial charge in [0.15, 0.2) is 0 Å². The highest BCUT2D eigenvalue weighted by atomic mass is 79.9. The van der Waals surface area contributed by atoms with Crippen molar-refractivity contribution in [3.05, 3.63) is 64.8 Å². The number of nitrogens with zero attached hydrogens (tertiary/aromatic N) is 3. The first-order chi connectivity index (χ1) is 9.65. The third kappa shape index (κ3) is 4.31. The summed E-state index contributed by atoms with van der Waals surface area (Å²) in [6.45, 7) is 0. The first-order valence-electron chi connectivity index (χ1n) is 6.25. The Hall–Kier alpha value is -1.94. The van der Waals surface area contributed by atoms with Crippen LogP contribution in [0.25, 0.3) is 6.08 Å². The first-order valence-corrected chi connectivity index (χ1v) is 7.05. The minimum Gasteiger partial charge on any atom is -0.378 e. The molecule has 2 rings (SSSR count).